The molecule has 0 unspecified atom stereocenters. The molecular weight excluding hydrogens is 490 g/mol. The fraction of sp³-hybridized carbons (Fsp3) is 0.652. The summed E-state index contributed by atoms with van der Waals surface area (Å²) in [6, 6.07) is 2.30. The Labute approximate surface area is 212 Å². The second-order valence-electron chi connectivity index (χ2n) is 8.93. The summed E-state index contributed by atoms with van der Waals surface area (Å²) in [5.74, 6) is -0.0553. The van der Waals surface area contributed by atoms with Gasteiger partial charge in [0.25, 0.3) is 5.91 Å². The largest absolute Gasteiger partial charge is 0.496 e. The predicted molar refractivity (Wildman–Crippen MR) is 135 cm³/mol. The van der Waals surface area contributed by atoms with Gasteiger partial charge in [-0.05, 0) is 45.3 Å². The van der Waals surface area contributed by atoms with Gasteiger partial charge in [0.05, 0.1) is 30.5 Å². The van der Waals surface area contributed by atoms with Crippen LogP contribution >= 0.6 is 0 Å². The summed E-state index contributed by atoms with van der Waals surface area (Å²) in [7, 11) is 0.415. The molecule has 2 aliphatic heterocycles. The van der Waals surface area contributed by atoms with E-state index in [9.17, 15) is 18.0 Å². The third kappa shape index (κ3) is 7.07. The lowest BCUT2D eigenvalue weighted by molar-refractivity contribution is -0.130. The van der Waals surface area contributed by atoms with Crippen LogP contribution in [0.3, 0.4) is 0 Å². The number of ether oxygens (including phenoxy) is 2. The molecule has 6 N–H and O–H groups in total. The summed E-state index contributed by atoms with van der Waals surface area (Å²) in [4.78, 5) is 29.4. The highest BCUT2D eigenvalue weighted by atomic mass is 32.2. The second-order valence-corrected chi connectivity index (χ2v) is 10.8. The SMILES string of the molecule is CNS(=O)(=O)c1cc(C(=O)N[C@@H]2CCN(CCCC(=O)N3CCCC3)C[C@@H]2OC)c(OC)cc1N.O. The van der Waals surface area contributed by atoms with Crippen LogP contribution in [0.5, 0.6) is 5.75 Å². The number of carbonyl (C=O) groups is 2. The number of nitrogens with zero attached hydrogens (tertiary/aromatic N) is 2. The van der Waals surface area contributed by atoms with E-state index >= 15 is 0 Å². The molecule has 0 aliphatic carbocycles. The molecule has 13 heteroatoms. The molecule has 2 amide bonds. The average Bonchev–Trinajstić information content (AvgIpc) is 3.39. The Balaban J connectivity index is 0.00000456. The fourth-order valence-electron chi connectivity index (χ4n) is 4.68. The smallest absolute Gasteiger partial charge is 0.255 e. The Morgan fingerprint density at radius 3 is 2.47 bits per heavy atom. The number of anilines is 1. The van der Waals surface area contributed by atoms with Crippen molar-refractivity contribution in [1.29, 1.82) is 0 Å². The van der Waals surface area contributed by atoms with Gasteiger partial charge in [0.2, 0.25) is 15.9 Å². The van der Waals surface area contributed by atoms with Crippen LogP contribution in [0.15, 0.2) is 17.0 Å². The van der Waals surface area contributed by atoms with Crippen molar-refractivity contribution in [2.75, 3.05) is 59.7 Å². The van der Waals surface area contributed by atoms with E-state index in [2.05, 4.69) is 14.9 Å². The van der Waals surface area contributed by atoms with Gasteiger partial charge in [-0.1, -0.05) is 0 Å². The number of amides is 2. The van der Waals surface area contributed by atoms with Gasteiger partial charge in [0, 0.05) is 45.8 Å². The Hall–Kier alpha value is -2.45. The van der Waals surface area contributed by atoms with E-state index in [4.69, 9.17) is 15.2 Å². The van der Waals surface area contributed by atoms with E-state index < -0.39 is 15.9 Å². The predicted octanol–water partition coefficient (Wildman–Crippen LogP) is -0.417. The molecule has 204 valence electrons. The molecule has 3 rings (SSSR count). The van der Waals surface area contributed by atoms with Crippen molar-refractivity contribution in [1.82, 2.24) is 19.8 Å². The standard InChI is InChI=1S/C23H37N5O6S.H2O/c1-25-35(31,32)21-13-16(19(33-2)14-17(21)24)23(30)26-18-8-12-27(15-20(18)34-3)9-6-7-22(29)28-10-4-5-11-28;/h13-14,18,20,25H,4-12,15,24H2,1-3H3,(H,26,30);1H2/t18-,20+;/m1./s1. The van der Waals surface area contributed by atoms with E-state index in [0.29, 0.717) is 19.4 Å². The first kappa shape index (κ1) is 29.8. The van der Waals surface area contributed by atoms with Gasteiger partial charge >= 0.3 is 0 Å². The van der Waals surface area contributed by atoms with Gasteiger partial charge in [-0.2, -0.15) is 0 Å². The maximum atomic E-state index is 13.1. The van der Waals surface area contributed by atoms with Crippen molar-refractivity contribution in [3.05, 3.63) is 17.7 Å². The number of nitrogen functional groups attached to an aromatic ring is 1. The minimum atomic E-state index is -3.86. The third-order valence-electron chi connectivity index (χ3n) is 6.72. The number of nitrogens with one attached hydrogen (secondary N) is 2. The third-order valence-corrected chi connectivity index (χ3v) is 8.19. The van der Waals surface area contributed by atoms with E-state index in [0.717, 1.165) is 45.4 Å². The fourth-order valence-corrected chi connectivity index (χ4v) is 5.54. The summed E-state index contributed by atoms with van der Waals surface area (Å²) < 4.78 is 37.8. The van der Waals surface area contributed by atoms with Crippen molar-refractivity contribution >= 4 is 27.5 Å². The number of hydrogen-bond donors (Lipinski definition) is 3. The van der Waals surface area contributed by atoms with Crippen molar-refractivity contribution in [3.8, 4) is 5.75 Å². The zero-order valence-corrected chi connectivity index (χ0v) is 22.0. The van der Waals surface area contributed by atoms with Crippen LogP contribution in [0.25, 0.3) is 0 Å². The van der Waals surface area contributed by atoms with E-state index in [-0.39, 0.29) is 45.4 Å². The molecule has 2 saturated heterocycles. The highest BCUT2D eigenvalue weighted by molar-refractivity contribution is 7.89. The normalized spacial score (nSPS) is 20.6. The lowest BCUT2D eigenvalue weighted by Crippen LogP contribution is -2.55. The lowest BCUT2D eigenvalue weighted by Gasteiger charge is -2.38. The number of methoxy groups -OCH3 is 2. The first-order valence-electron chi connectivity index (χ1n) is 11.9. The van der Waals surface area contributed by atoms with Crippen LogP contribution in [-0.2, 0) is 19.6 Å². The first-order valence-corrected chi connectivity index (χ1v) is 13.4. The van der Waals surface area contributed by atoms with E-state index in [1.807, 2.05) is 4.90 Å². The molecule has 2 fully saturated rings. The Morgan fingerprint density at radius 1 is 1.17 bits per heavy atom. The molecule has 12 nitrogen and oxygen atoms in total. The minimum Gasteiger partial charge on any atom is -0.496 e. The molecule has 2 atom stereocenters. The molecule has 36 heavy (non-hydrogen) atoms. The molecule has 1 aromatic rings. The van der Waals surface area contributed by atoms with Gasteiger partial charge < -0.3 is 35.8 Å². The van der Waals surface area contributed by atoms with Crippen molar-refractivity contribution in [3.63, 3.8) is 0 Å². The number of nitrogens with two attached hydrogens (primary N) is 1. The van der Waals surface area contributed by atoms with Crippen LogP contribution < -0.4 is 20.5 Å². The molecule has 0 saturated carbocycles. The van der Waals surface area contributed by atoms with E-state index in [1.165, 1.54) is 26.3 Å². The quantitative estimate of drug-likeness (QED) is 0.343. The summed E-state index contributed by atoms with van der Waals surface area (Å²) in [5.41, 5.74) is 5.95. The molecular formula is C23H39N5O7S. The monoisotopic (exact) mass is 529 g/mol. The Bertz CT molecular complexity index is 1010. The number of piperidine rings is 1. The topological polar surface area (TPSA) is 175 Å². The number of benzene rings is 1. The number of carbonyl (C=O) groups excluding carboxylic acids is 2. The number of sulfonamides is 1. The highest BCUT2D eigenvalue weighted by Crippen LogP contribution is 2.29. The molecule has 0 bridgehead atoms. The van der Waals surface area contributed by atoms with Crippen LogP contribution in [0, 0.1) is 0 Å². The molecule has 2 aliphatic rings. The maximum absolute atomic E-state index is 13.1. The summed E-state index contributed by atoms with van der Waals surface area (Å²) in [5, 5.41) is 2.97. The molecule has 2 heterocycles. The molecule has 0 spiro atoms. The van der Waals surface area contributed by atoms with Gasteiger partial charge in [-0.3, -0.25) is 9.59 Å². The van der Waals surface area contributed by atoms with Crippen LogP contribution in [0.4, 0.5) is 5.69 Å². The Morgan fingerprint density at radius 2 is 1.86 bits per heavy atom. The molecule has 0 radical (unpaired) electrons. The lowest BCUT2D eigenvalue weighted by atomic mass is 10.0. The summed E-state index contributed by atoms with van der Waals surface area (Å²) in [6.07, 6.45) is 3.92. The van der Waals surface area contributed by atoms with Gasteiger partial charge in [-0.15, -0.1) is 0 Å². The van der Waals surface area contributed by atoms with Gasteiger partial charge in [0.1, 0.15) is 10.6 Å². The van der Waals surface area contributed by atoms with E-state index in [1.54, 1.807) is 7.11 Å². The van der Waals surface area contributed by atoms with Crippen molar-refractivity contribution in [2.24, 2.45) is 0 Å². The molecule has 1 aromatic carbocycles. The average molecular weight is 530 g/mol. The summed E-state index contributed by atoms with van der Waals surface area (Å²) >= 11 is 0. The van der Waals surface area contributed by atoms with Crippen LogP contribution in [-0.4, -0.2) is 102 Å². The van der Waals surface area contributed by atoms with Gasteiger partial charge in [-0.25, -0.2) is 13.1 Å². The minimum absolute atomic E-state index is 0. The first-order chi connectivity index (χ1) is 16.7. The zero-order valence-electron chi connectivity index (χ0n) is 21.2. The van der Waals surface area contributed by atoms with Crippen molar-refractivity contribution < 1.29 is 33.0 Å². The maximum Gasteiger partial charge on any atom is 0.255 e. The van der Waals surface area contributed by atoms with Crippen molar-refractivity contribution in [2.45, 2.75) is 49.1 Å². The Kier molecular flexibility index (Phi) is 10.9. The number of rotatable bonds is 10. The molecule has 0 aromatic heterocycles. The summed E-state index contributed by atoms with van der Waals surface area (Å²) in [6.45, 7) is 3.91. The second kappa shape index (κ2) is 13.2. The zero-order chi connectivity index (χ0) is 25.6. The van der Waals surface area contributed by atoms with Gasteiger partial charge in [0.15, 0.2) is 0 Å². The van der Waals surface area contributed by atoms with Crippen LogP contribution in [0.1, 0.15) is 42.5 Å². The number of hydrogen-bond acceptors (Lipinski definition) is 8. The highest BCUT2D eigenvalue weighted by Gasteiger charge is 2.32. The number of likely N-dealkylation sites (tertiary alicyclic amines) is 2. The van der Waals surface area contributed by atoms with Crippen LogP contribution in [0.2, 0.25) is 0 Å².